The highest BCUT2D eigenvalue weighted by atomic mass is 16.3. The molecule has 0 saturated heterocycles. The standard InChI is InChI=1S/C3H8O3/c4-1-3(6)2-5/h3-6H,1-2H2/i1D/t1-,3+/m0/s1. The zero-order chi connectivity index (χ0) is 5.86. The van der Waals surface area contributed by atoms with Crippen LogP contribution < -0.4 is 0 Å². The minimum atomic E-state index is -1.58. The first-order chi connectivity index (χ1) is 3.18. The molecular weight excluding hydrogens is 84.0 g/mol. The maximum atomic E-state index is 8.25. The molecule has 6 heavy (non-hydrogen) atoms. The molecule has 0 unspecified atom stereocenters. The highest BCUT2D eigenvalue weighted by Crippen LogP contribution is 1.71. The minimum Gasteiger partial charge on any atom is -0.394 e. The van der Waals surface area contributed by atoms with E-state index in [4.69, 9.17) is 16.7 Å². The Labute approximate surface area is 37.3 Å². The van der Waals surface area contributed by atoms with E-state index in [1.54, 1.807) is 0 Å². The topological polar surface area (TPSA) is 60.7 Å². The lowest BCUT2D eigenvalue weighted by atomic mass is 10.4. The smallest absolute Gasteiger partial charge is 0.100 e. The van der Waals surface area contributed by atoms with Crippen molar-refractivity contribution in [3.05, 3.63) is 0 Å². The molecule has 0 amide bonds. The van der Waals surface area contributed by atoms with Crippen molar-refractivity contribution in [2.45, 2.75) is 6.10 Å². The first-order valence-electron chi connectivity index (χ1n) is 2.15. The highest BCUT2D eigenvalue weighted by molar-refractivity contribution is 4.43. The van der Waals surface area contributed by atoms with E-state index >= 15 is 0 Å². The number of aliphatic hydroxyl groups is 3. The largest absolute Gasteiger partial charge is 0.394 e. The monoisotopic (exact) mass is 93.1 g/mol. The Morgan fingerprint density at radius 1 is 1.67 bits per heavy atom. The van der Waals surface area contributed by atoms with Gasteiger partial charge in [-0.1, -0.05) is 0 Å². The van der Waals surface area contributed by atoms with Crippen molar-refractivity contribution in [1.29, 1.82) is 0 Å². The van der Waals surface area contributed by atoms with E-state index in [0.717, 1.165) is 0 Å². The third-order valence-corrected chi connectivity index (χ3v) is 0.359. The molecule has 3 nitrogen and oxygen atoms in total. The third kappa shape index (κ3) is 2.14. The maximum absolute atomic E-state index is 8.25. The normalized spacial score (nSPS) is 22.2. The van der Waals surface area contributed by atoms with Gasteiger partial charge in [0, 0.05) is 0 Å². The number of hydrogen-bond acceptors (Lipinski definition) is 3. The Hall–Kier alpha value is -0.120. The first-order valence-corrected chi connectivity index (χ1v) is 1.57. The average molecular weight is 93.1 g/mol. The van der Waals surface area contributed by atoms with Crippen molar-refractivity contribution < 1.29 is 16.7 Å². The van der Waals surface area contributed by atoms with Gasteiger partial charge in [-0.05, 0) is 0 Å². The summed E-state index contributed by atoms with van der Waals surface area (Å²) < 4.78 is 6.33. The van der Waals surface area contributed by atoms with Gasteiger partial charge in [-0.15, -0.1) is 0 Å². The van der Waals surface area contributed by atoms with Crippen LogP contribution in [0.25, 0.3) is 0 Å². The van der Waals surface area contributed by atoms with Crippen molar-refractivity contribution in [1.82, 2.24) is 0 Å². The highest BCUT2D eigenvalue weighted by Gasteiger charge is 1.93. The van der Waals surface area contributed by atoms with E-state index in [1.807, 2.05) is 0 Å². The molecule has 3 heteroatoms. The Morgan fingerprint density at radius 2 is 2.17 bits per heavy atom. The molecule has 0 aromatic carbocycles. The van der Waals surface area contributed by atoms with Crippen LogP contribution in [0.3, 0.4) is 0 Å². The van der Waals surface area contributed by atoms with Crippen LogP contribution in [0.5, 0.6) is 0 Å². The molecule has 0 spiro atoms. The predicted octanol–water partition coefficient (Wildman–Crippen LogP) is -1.67. The number of rotatable bonds is 2. The van der Waals surface area contributed by atoms with E-state index in [1.165, 1.54) is 0 Å². The summed E-state index contributed by atoms with van der Waals surface area (Å²) in [5, 5.41) is 24.3. The zero-order valence-corrected chi connectivity index (χ0v) is 3.20. The Balaban J connectivity index is 3.14. The Bertz CT molecular complexity index is 47.4. The van der Waals surface area contributed by atoms with Crippen molar-refractivity contribution in [3.63, 3.8) is 0 Å². The second-order valence-corrected chi connectivity index (χ2v) is 0.899. The van der Waals surface area contributed by atoms with Gasteiger partial charge in [0.15, 0.2) is 0 Å². The van der Waals surface area contributed by atoms with Crippen LogP contribution in [0.4, 0.5) is 0 Å². The fourth-order valence-corrected chi connectivity index (χ4v) is 0.0471. The summed E-state index contributed by atoms with van der Waals surface area (Å²) in [6.07, 6.45) is -1.32. The molecule has 38 valence electrons. The second kappa shape index (κ2) is 3.08. The lowest BCUT2D eigenvalue weighted by molar-refractivity contribution is 0.0450. The van der Waals surface area contributed by atoms with E-state index in [-0.39, 0.29) is 0 Å². The van der Waals surface area contributed by atoms with Crippen molar-refractivity contribution >= 4 is 0 Å². The molecule has 0 rings (SSSR count). The zero-order valence-electron chi connectivity index (χ0n) is 4.20. The SMILES string of the molecule is [2H][C@H](O)[C@@H](O)CO. The van der Waals surface area contributed by atoms with Crippen LogP contribution in [0.15, 0.2) is 0 Å². The van der Waals surface area contributed by atoms with Crippen LogP contribution in [0.2, 0.25) is 0 Å². The molecule has 0 aliphatic carbocycles. The van der Waals surface area contributed by atoms with Crippen LogP contribution in [-0.4, -0.2) is 34.6 Å². The summed E-state index contributed by atoms with van der Waals surface area (Å²) in [5.74, 6) is 0. The molecule has 0 heterocycles. The maximum Gasteiger partial charge on any atom is 0.100 e. The molecule has 0 fully saturated rings. The van der Waals surface area contributed by atoms with E-state index in [2.05, 4.69) is 0 Å². The van der Waals surface area contributed by atoms with Crippen molar-refractivity contribution in [2.75, 3.05) is 13.2 Å². The third-order valence-electron chi connectivity index (χ3n) is 0.359. The number of hydrogen-bond donors (Lipinski definition) is 3. The Kier molecular flexibility index (Phi) is 2.08. The van der Waals surface area contributed by atoms with Crippen LogP contribution >= 0.6 is 0 Å². The summed E-state index contributed by atoms with van der Waals surface area (Å²) in [4.78, 5) is 0. The van der Waals surface area contributed by atoms with Gasteiger partial charge in [-0.25, -0.2) is 0 Å². The molecule has 0 saturated carbocycles. The van der Waals surface area contributed by atoms with Gasteiger partial charge in [-0.2, -0.15) is 0 Å². The average Bonchev–Trinajstić information content (AvgIpc) is 1.65. The molecule has 0 radical (unpaired) electrons. The van der Waals surface area contributed by atoms with Crippen LogP contribution in [0, 0.1) is 0 Å². The van der Waals surface area contributed by atoms with Crippen molar-refractivity contribution in [2.24, 2.45) is 0 Å². The first kappa shape index (κ1) is 4.05. The molecule has 2 atom stereocenters. The number of aliphatic hydroxyl groups excluding tert-OH is 3. The predicted molar refractivity (Wildman–Crippen MR) is 20.2 cm³/mol. The van der Waals surface area contributed by atoms with Crippen LogP contribution in [0.1, 0.15) is 1.37 Å². The fraction of sp³-hybridized carbons (Fsp3) is 1.00. The van der Waals surface area contributed by atoms with Crippen molar-refractivity contribution in [3.8, 4) is 0 Å². The van der Waals surface area contributed by atoms with Gasteiger partial charge < -0.3 is 15.3 Å². The summed E-state index contributed by atoms with van der Waals surface area (Å²) >= 11 is 0. The molecule has 3 N–H and O–H groups in total. The van der Waals surface area contributed by atoms with Gasteiger partial charge >= 0.3 is 0 Å². The molecule has 0 aliphatic heterocycles. The van der Waals surface area contributed by atoms with E-state index < -0.39 is 19.3 Å². The fourth-order valence-electron chi connectivity index (χ4n) is 0.0471. The summed E-state index contributed by atoms with van der Waals surface area (Å²) in [5.41, 5.74) is 0. The molecular formula is C3H8O3. The summed E-state index contributed by atoms with van der Waals surface area (Å²) in [7, 11) is 0. The van der Waals surface area contributed by atoms with Gasteiger partial charge in [-0.3, -0.25) is 0 Å². The molecule has 0 aromatic rings. The lowest BCUT2D eigenvalue weighted by Crippen LogP contribution is -2.15. The quantitative estimate of drug-likeness (QED) is 0.382. The molecule has 0 aliphatic rings. The molecule has 0 aromatic heterocycles. The van der Waals surface area contributed by atoms with Gasteiger partial charge in [0.05, 0.1) is 14.6 Å². The summed E-state index contributed by atoms with van der Waals surface area (Å²) in [6.45, 7) is -2.14. The Morgan fingerprint density at radius 3 is 2.17 bits per heavy atom. The van der Waals surface area contributed by atoms with Gasteiger partial charge in [0.25, 0.3) is 0 Å². The van der Waals surface area contributed by atoms with Crippen LogP contribution in [-0.2, 0) is 0 Å². The van der Waals surface area contributed by atoms with E-state index in [0.29, 0.717) is 0 Å². The summed E-state index contributed by atoms with van der Waals surface area (Å²) in [6, 6.07) is 0. The lowest BCUT2D eigenvalue weighted by Gasteiger charge is -1.96. The second-order valence-electron chi connectivity index (χ2n) is 0.899. The molecule has 0 bridgehead atoms. The minimum absolute atomic E-state index is 0.565. The van der Waals surface area contributed by atoms with Gasteiger partial charge in [0.1, 0.15) is 6.10 Å². The van der Waals surface area contributed by atoms with E-state index in [9.17, 15) is 0 Å². The van der Waals surface area contributed by atoms with Gasteiger partial charge in [0.2, 0.25) is 0 Å².